The van der Waals surface area contributed by atoms with Gasteiger partial charge in [-0.3, -0.25) is 4.90 Å². The molecule has 2 nitrogen and oxygen atoms in total. The first kappa shape index (κ1) is 15.5. The van der Waals surface area contributed by atoms with E-state index in [0.717, 1.165) is 31.5 Å². The number of hydrogen-bond acceptors (Lipinski definition) is 2. The fourth-order valence-corrected chi connectivity index (χ4v) is 3.57. The summed E-state index contributed by atoms with van der Waals surface area (Å²) in [6, 6.07) is 7.08. The largest absolute Gasteiger partial charge is 0.320 e. The van der Waals surface area contributed by atoms with Gasteiger partial charge in [-0.15, -0.1) is 0 Å². The molecule has 20 heavy (non-hydrogen) atoms. The van der Waals surface area contributed by atoms with Crippen LogP contribution >= 0.6 is 0 Å². The first-order valence-electron chi connectivity index (χ1n) is 7.90. The zero-order chi connectivity index (χ0) is 14.6. The summed E-state index contributed by atoms with van der Waals surface area (Å²) in [5, 5.41) is 0. The molecule has 1 fully saturated rings. The minimum Gasteiger partial charge on any atom is -0.320 e. The van der Waals surface area contributed by atoms with Gasteiger partial charge in [-0.1, -0.05) is 32.4 Å². The van der Waals surface area contributed by atoms with Crippen molar-refractivity contribution in [2.45, 2.75) is 57.5 Å². The van der Waals surface area contributed by atoms with E-state index in [9.17, 15) is 4.39 Å². The van der Waals surface area contributed by atoms with E-state index < -0.39 is 0 Å². The number of nitrogens with zero attached hydrogens (tertiary/aromatic N) is 1. The molecule has 0 radical (unpaired) electrons. The van der Waals surface area contributed by atoms with Crippen LogP contribution in [-0.2, 0) is 5.54 Å². The van der Waals surface area contributed by atoms with E-state index in [1.54, 1.807) is 0 Å². The second-order valence-corrected chi connectivity index (χ2v) is 5.92. The van der Waals surface area contributed by atoms with Crippen molar-refractivity contribution < 1.29 is 4.39 Å². The van der Waals surface area contributed by atoms with Crippen LogP contribution in [0, 0.1) is 5.82 Å². The Morgan fingerprint density at radius 1 is 1.15 bits per heavy atom. The van der Waals surface area contributed by atoms with Crippen molar-refractivity contribution in [3.05, 3.63) is 35.6 Å². The predicted molar refractivity (Wildman–Crippen MR) is 82.1 cm³/mol. The van der Waals surface area contributed by atoms with Crippen LogP contribution in [-0.4, -0.2) is 24.0 Å². The summed E-state index contributed by atoms with van der Waals surface area (Å²) < 4.78 is 13.2. The SMILES string of the molecule is CCC(N1CCCCC1)C(N)(CC)c1ccc(F)cc1. The third-order valence-corrected chi connectivity index (χ3v) is 4.78. The number of nitrogens with two attached hydrogens (primary N) is 1. The summed E-state index contributed by atoms with van der Waals surface area (Å²) >= 11 is 0. The van der Waals surface area contributed by atoms with Crippen LogP contribution in [0.1, 0.15) is 51.5 Å². The zero-order valence-corrected chi connectivity index (χ0v) is 12.7. The molecule has 1 heterocycles. The second kappa shape index (κ2) is 6.68. The summed E-state index contributed by atoms with van der Waals surface area (Å²) in [6.07, 6.45) is 5.75. The molecule has 3 heteroatoms. The number of piperidine rings is 1. The number of hydrogen-bond donors (Lipinski definition) is 1. The second-order valence-electron chi connectivity index (χ2n) is 5.92. The molecule has 2 rings (SSSR count). The maximum Gasteiger partial charge on any atom is 0.123 e. The van der Waals surface area contributed by atoms with Crippen molar-refractivity contribution in [3.63, 3.8) is 0 Å². The average molecular weight is 278 g/mol. The van der Waals surface area contributed by atoms with E-state index in [0.29, 0.717) is 6.04 Å². The molecule has 1 aromatic carbocycles. The normalized spacial score (nSPS) is 21.4. The third-order valence-electron chi connectivity index (χ3n) is 4.78. The van der Waals surface area contributed by atoms with Gasteiger partial charge in [0.1, 0.15) is 5.82 Å². The molecule has 0 bridgehead atoms. The van der Waals surface area contributed by atoms with Gasteiger partial charge in [0.15, 0.2) is 0 Å². The highest BCUT2D eigenvalue weighted by Crippen LogP contribution is 2.32. The van der Waals surface area contributed by atoms with Crippen LogP contribution in [0.25, 0.3) is 0 Å². The van der Waals surface area contributed by atoms with Crippen molar-refractivity contribution in [2.24, 2.45) is 5.73 Å². The van der Waals surface area contributed by atoms with Crippen molar-refractivity contribution in [1.29, 1.82) is 0 Å². The van der Waals surface area contributed by atoms with Crippen LogP contribution < -0.4 is 5.73 Å². The van der Waals surface area contributed by atoms with Gasteiger partial charge in [-0.05, 0) is 56.5 Å². The quantitative estimate of drug-likeness (QED) is 0.890. The van der Waals surface area contributed by atoms with Crippen LogP contribution in [0.4, 0.5) is 4.39 Å². The van der Waals surface area contributed by atoms with E-state index in [1.165, 1.54) is 31.4 Å². The predicted octanol–water partition coefficient (Wildman–Crippen LogP) is 3.65. The standard InChI is InChI=1S/C17H27FN2/c1-3-16(20-12-6-5-7-13-20)17(19,4-2)14-8-10-15(18)11-9-14/h8-11,16H,3-7,12-13,19H2,1-2H3. The highest BCUT2D eigenvalue weighted by Gasteiger charge is 2.37. The minimum atomic E-state index is -0.389. The van der Waals surface area contributed by atoms with Gasteiger partial charge < -0.3 is 5.73 Å². The highest BCUT2D eigenvalue weighted by molar-refractivity contribution is 5.27. The molecule has 0 amide bonds. The smallest absolute Gasteiger partial charge is 0.123 e. The van der Waals surface area contributed by atoms with Crippen LogP contribution in [0.15, 0.2) is 24.3 Å². The van der Waals surface area contributed by atoms with E-state index in [1.807, 2.05) is 12.1 Å². The molecule has 2 atom stereocenters. The van der Waals surface area contributed by atoms with E-state index >= 15 is 0 Å². The van der Waals surface area contributed by atoms with Gasteiger partial charge in [-0.25, -0.2) is 4.39 Å². The van der Waals surface area contributed by atoms with Crippen molar-refractivity contribution in [1.82, 2.24) is 4.90 Å². The minimum absolute atomic E-state index is 0.196. The molecule has 1 aliphatic rings. The number of halogens is 1. The maximum atomic E-state index is 13.2. The average Bonchev–Trinajstić information content (AvgIpc) is 2.49. The van der Waals surface area contributed by atoms with Crippen molar-refractivity contribution >= 4 is 0 Å². The Labute approximate surface area is 122 Å². The number of benzene rings is 1. The molecule has 0 aromatic heterocycles. The lowest BCUT2D eigenvalue weighted by atomic mass is 9.78. The summed E-state index contributed by atoms with van der Waals surface area (Å²) in [5.74, 6) is -0.196. The Kier molecular flexibility index (Phi) is 5.17. The summed E-state index contributed by atoms with van der Waals surface area (Å²) in [6.45, 7) is 6.62. The molecule has 0 aliphatic carbocycles. The van der Waals surface area contributed by atoms with Gasteiger partial charge in [0.2, 0.25) is 0 Å². The Morgan fingerprint density at radius 2 is 1.75 bits per heavy atom. The molecule has 2 unspecified atom stereocenters. The fraction of sp³-hybridized carbons (Fsp3) is 0.647. The molecule has 1 saturated heterocycles. The Balaban J connectivity index is 2.28. The molecule has 112 valence electrons. The van der Waals surface area contributed by atoms with Gasteiger partial charge in [0.05, 0.1) is 5.54 Å². The van der Waals surface area contributed by atoms with Gasteiger partial charge in [0, 0.05) is 6.04 Å². The first-order chi connectivity index (χ1) is 9.61. The van der Waals surface area contributed by atoms with E-state index in [4.69, 9.17) is 5.73 Å². The lowest BCUT2D eigenvalue weighted by Crippen LogP contribution is -2.56. The fourth-order valence-electron chi connectivity index (χ4n) is 3.57. The monoisotopic (exact) mass is 278 g/mol. The Bertz CT molecular complexity index is 412. The highest BCUT2D eigenvalue weighted by atomic mass is 19.1. The van der Waals surface area contributed by atoms with Crippen LogP contribution in [0.2, 0.25) is 0 Å². The molecule has 0 saturated carbocycles. The van der Waals surface area contributed by atoms with Crippen LogP contribution in [0.5, 0.6) is 0 Å². The zero-order valence-electron chi connectivity index (χ0n) is 12.7. The summed E-state index contributed by atoms with van der Waals surface area (Å²) in [7, 11) is 0. The topological polar surface area (TPSA) is 29.3 Å². The lowest BCUT2D eigenvalue weighted by molar-refractivity contribution is 0.0898. The molecule has 0 spiro atoms. The lowest BCUT2D eigenvalue weighted by Gasteiger charge is -2.45. The molecule has 1 aliphatic heterocycles. The number of rotatable bonds is 5. The van der Waals surface area contributed by atoms with Gasteiger partial charge in [0.25, 0.3) is 0 Å². The van der Waals surface area contributed by atoms with E-state index in [2.05, 4.69) is 18.7 Å². The molecular formula is C17H27FN2. The van der Waals surface area contributed by atoms with Crippen LogP contribution in [0.3, 0.4) is 0 Å². The Morgan fingerprint density at radius 3 is 2.25 bits per heavy atom. The van der Waals surface area contributed by atoms with Gasteiger partial charge in [-0.2, -0.15) is 0 Å². The maximum absolute atomic E-state index is 13.2. The molecule has 1 aromatic rings. The number of likely N-dealkylation sites (tertiary alicyclic amines) is 1. The summed E-state index contributed by atoms with van der Waals surface area (Å²) in [5.41, 5.74) is 7.46. The van der Waals surface area contributed by atoms with Gasteiger partial charge >= 0.3 is 0 Å². The molecular weight excluding hydrogens is 251 g/mol. The third kappa shape index (κ3) is 3.04. The molecule has 2 N–H and O–H groups in total. The van der Waals surface area contributed by atoms with E-state index in [-0.39, 0.29) is 11.4 Å². The van der Waals surface area contributed by atoms with Crippen molar-refractivity contribution in [3.8, 4) is 0 Å². The van der Waals surface area contributed by atoms with Crippen molar-refractivity contribution in [2.75, 3.05) is 13.1 Å². The first-order valence-corrected chi connectivity index (χ1v) is 7.90. The Hall–Kier alpha value is -0.930. The summed E-state index contributed by atoms with van der Waals surface area (Å²) in [4.78, 5) is 2.54.